The topological polar surface area (TPSA) is 113 Å². The third-order valence-electron chi connectivity index (χ3n) is 4.01. The van der Waals surface area contributed by atoms with E-state index >= 15 is 0 Å². The number of halogens is 3. The zero-order valence-electron chi connectivity index (χ0n) is 14.9. The standard InChI is InChI=1S/C18H17F3N2O5S/c19-18(20,21)14-6-3-12(4-7-14)16(2-1-9-24)29(27,28)23-17(26)13-5-8-15(11-25)22-10-13/h3-10,16,25H,1-2,11H2,(H,23,26). The fourth-order valence-electron chi connectivity index (χ4n) is 2.52. The second-order valence-electron chi connectivity index (χ2n) is 6.02. The normalized spacial score (nSPS) is 13.0. The van der Waals surface area contributed by atoms with Crippen molar-refractivity contribution in [3.8, 4) is 0 Å². The number of aromatic nitrogens is 1. The van der Waals surface area contributed by atoms with E-state index in [0.717, 1.165) is 30.5 Å². The van der Waals surface area contributed by atoms with E-state index in [0.29, 0.717) is 6.29 Å². The molecule has 0 saturated carbocycles. The fourth-order valence-corrected chi connectivity index (χ4v) is 4.00. The molecule has 0 aliphatic carbocycles. The average Bonchev–Trinajstić information content (AvgIpc) is 2.67. The molecule has 0 bridgehead atoms. The molecule has 2 aromatic rings. The first-order chi connectivity index (χ1) is 13.6. The molecule has 0 spiro atoms. The average molecular weight is 430 g/mol. The van der Waals surface area contributed by atoms with Crippen LogP contribution in [0.1, 0.15) is 45.3 Å². The van der Waals surface area contributed by atoms with Crippen LogP contribution in [-0.4, -0.2) is 30.7 Å². The van der Waals surface area contributed by atoms with Crippen LogP contribution in [0.2, 0.25) is 0 Å². The molecule has 1 aromatic heterocycles. The molecule has 0 aliphatic heterocycles. The Hall–Kier alpha value is -2.79. The largest absolute Gasteiger partial charge is 0.416 e. The third-order valence-corrected chi connectivity index (χ3v) is 5.74. The van der Waals surface area contributed by atoms with Gasteiger partial charge in [0.25, 0.3) is 5.91 Å². The highest BCUT2D eigenvalue weighted by molar-refractivity contribution is 7.90. The van der Waals surface area contributed by atoms with Gasteiger partial charge in [-0.05, 0) is 36.2 Å². The van der Waals surface area contributed by atoms with Crippen LogP contribution in [0.25, 0.3) is 0 Å². The van der Waals surface area contributed by atoms with Crippen LogP contribution in [0, 0.1) is 0 Å². The van der Waals surface area contributed by atoms with Crippen molar-refractivity contribution in [1.82, 2.24) is 9.71 Å². The minimum absolute atomic E-state index is 0.00824. The highest BCUT2D eigenvalue weighted by Crippen LogP contribution is 2.32. The number of carbonyl (C=O) groups excluding carboxylic acids is 2. The minimum atomic E-state index is -4.59. The zero-order valence-corrected chi connectivity index (χ0v) is 15.7. The summed E-state index contributed by atoms with van der Waals surface area (Å²) >= 11 is 0. The first-order valence-corrected chi connectivity index (χ1v) is 9.85. The maximum atomic E-state index is 12.7. The van der Waals surface area contributed by atoms with E-state index in [2.05, 4.69) is 4.98 Å². The van der Waals surface area contributed by atoms with Crippen LogP contribution in [0.15, 0.2) is 42.6 Å². The van der Waals surface area contributed by atoms with Crippen LogP contribution >= 0.6 is 0 Å². The van der Waals surface area contributed by atoms with Crippen molar-refractivity contribution in [2.45, 2.75) is 30.9 Å². The molecule has 1 aromatic carbocycles. The van der Waals surface area contributed by atoms with E-state index in [1.807, 2.05) is 4.72 Å². The molecule has 0 fully saturated rings. The van der Waals surface area contributed by atoms with Gasteiger partial charge in [0.15, 0.2) is 0 Å². The summed E-state index contributed by atoms with van der Waals surface area (Å²) in [5.74, 6) is -0.995. The summed E-state index contributed by atoms with van der Waals surface area (Å²) in [5, 5.41) is 7.53. The first kappa shape index (κ1) is 22.5. The predicted octanol–water partition coefficient (Wildman–Crippen LogP) is 2.37. The van der Waals surface area contributed by atoms with Gasteiger partial charge in [-0.2, -0.15) is 13.2 Å². The van der Waals surface area contributed by atoms with Gasteiger partial charge >= 0.3 is 6.18 Å². The number of nitrogens with zero attached hydrogens (tertiary/aromatic N) is 1. The quantitative estimate of drug-likeness (QED) is 0.622. The second-order valence-corrected chi connectivity index (χ2v) is 7.89. The van der Waals surface area contributed by atoms with Crippen molar-refractivity contribution in [3.63, 3.8) is 0 Å². The maximum absolute atomic E-state index is 12.7. The number of hydrogen-bond donors (Lipinski definition) is 2. The number of rotatable bonds is 8. The number of aliphatic hydroxyl groups excluding tert-OH is 1. The monoisotopic (exact) mass is 430 g/mol. The molecule has 2 rings (SSSR count). The number of pyridine rings is 1. The summed E-state index contributed by atoms with van der Waals surface area (Å²) in [6.45, 7) is -0.359. The highest BCUT2D eigenvalue weighted by Gasteiger charge is 2.32. The van der Waals surface area contributed by atoms with E-state index in [1.165, 1.54) is 12.1 Å². The van der Waals surface area contributed by atoms with E-state index < -0.39 is 32.9 Å². The molecule has 11 heteroatoms. The van der Waals surface area contributed by atoms with Crippen molar-refractivity contribution in [2.75, 3.05) is 0 Å². The lowest BCUT2D eigenvalue weighted by Crippen LogP contribution is -2.34. The number of nitrogens with one attached hydrogen (secondary N) is 1. The van der Waals surface area contributed by atoms with Crippen LogP contribution in [0.3, 0.4) is 0 Å². The van der Waals surface area contributed by atoms with Gasteiger partial charge in [-0.3, -0.25) is 9.78 Å². The summed E-state index contributed by atoms with van der Waals surface area (Å²) in [5.41, 5.74) is -0.758. The van der Waals surface area contributed by atoms with Crippen LogP contribution in [0.5, 0.6) is 0 Å². The Bertz CT molecular complexity index is 958. The summed E-state index contributed by atoms with van der Waals surface area (Å²) in [6, 6.07) is 6.07. The van der Waals surface area contributed by atoms with Gasteiger partial charge in [0.2, 0.25) is 10.0 Å². The van der Waals surface area contributed by atoms with Crippen molar-refractivity contribution in [1.29, 1.82) is 0 Å². The fraction of sp³-hybridized carbons (Fsp3) is 0.278. The number of hydrogen-bond acceptors (Lipinski definition) is 6. The molecular formula is C18H17F3N2O5S. The van der Waals surface area contributed by atoms with Crippen LogP contribution in [-0.2, 0) is 27.6 Å². The predicted molar refractivity (Wildman–Crippen MR) is 96.0 cm³/mol. The smallest absolute Gasteiger partial charge is 0.390 e. The van der Waals surface area contributed by atoms with Gasteiger partial charge in [-0.15, -0.1) is 0 Å². The summed E-state index contributed by atoms with van der Waals surface area (Å²) in [7, 11) is -4.38. The SMILES string of the molecule is O=CCCC(c1ccc(C(F)(F)F)cc1)S(=O)(=O)NC(=O)c1ccc(CO)nc1. The van der Waals surface area contributed by atoms with E-state index in [1.54, 1.807) is 0 Å². The van der Waals surface area contributed by atoms with Crippen molar-refractivity contribution in [2.24, 2.45) is 0 Å². The molecule has 29 heavy (non-hydrogen) atoms. The van der Waals surface area contributed by atoms with E-state index in [4.69, 9.17) is 5.11 Å². The Balaban J connectivity index is 2.29. The maximum Gasteiger partial charge on any atom is 0.416 e. The van der Waals surface area contributed by atoms with Gasteiger partial charge in [0.1, 0.15) is 11.5 Å². The zero-order chi connectivity index (χ0) is 21.7. The molecule has 0 aliphatic rings. The number of carbonyl (C=O) groups is 2. The molecular weight excluding hydrogens is 413 g/mol. The molecule has 7 nitrogen and oxygen atoms in total. The van der Waals surface area contributed by atoms with Crippen molar-refractivity contribution < 1.29 is 36.3 Å². The van der Waals surface area contributed by atoms with E-state index in [9.17, 15) is 31.2 Å². The number of aliphatic hydroxyl groups is 1. The molecule has 2 N–H and O–H groups in total. The Morgan fingerprint density at radius 2 is 1.83 bits per heavy atom. The Kier molecular flexibility index (Phi) is 7.09. The lowest BCUT2D eigenvalue weighted by atomic mass is 10.1. The number of alkyl halides is 3. The minimum Gasteiger partial charge on any atom is -0.390 e. The third kappa shape index (κ3) is 5.84. The Labute approximate surface area is 164 Å². The molecule has 1 unspecified atom stereocenters. The van der Waals surface area contributed by atoms with Gasteiger partial charge in [0, 0.05) is 12.6 Å². The molecule has 0 radical (unpaired) electrons. The Morgan fingerprint density at radius 1 is 1.17 bits per heavy atom. The first-order valence-electron chi connectivity index (χ1n) is 8.31. The van der Waals surface area contributed by atoms with Gasteiger partial charge < -0.3 is 9.90 Å². The highest BCUT2D eigenvalue weighted by atomic mass is 32.2. The van der Waals surface area contributed by atoms with Gasteiger partial charge in [-0.1, -0.05) is 12.1 Å². The molecule has 1 atom stereocenters. The molecule has 156 valence electrons. The van der Waals surface area contributed by atoms with Gasteiger partial charge in [0.05, 0.1) is 23.4 Å². The van der Waals surface area contributed by atoms with Crippen molar-refractivity contribution in [3.05, 3.63) is 65.0 Å². The van der Waals surface area contributed by atoms with Crippen LogP contribution < -0.4 is 4.72 Å². The lowest BCUT2D eigenvalue weighted by Gasteiger charge is -2.18. The van der Waals surface area contributed by atoms with Crippen molar-refractivity contribution >= 4 is 22.2 Å². The summed E-state index contributed by atoms with van der Waals surface area (Å²) < 4.78 is 65.4. The second kappa shape index (κ2) is 9.14. The van der Waals surface area contributed by atoms with Gasteiger partial charge in [-0.25, -0.2) is 13.1 Å². The molecule has 1 amide bonds. The number of sulfonamides is 1. The lowest BCUT2D eigenvalue weighted by molar-refractivity contribution is -0.137. The molecule has 0 saturated heterocycles. The molecule has 1 heterocycles. The summed E-state index contributed by atoms with van der Waals surface area (Å²) in [6.07, 6.45) is -3.43. The number of benzene rings is 1. The van der Waals surface area contributed by atoms with Crippen LogP contribution in [0.4, 0.5) is 13.2 Å². The summed E-state index contributed by atoms with van der Waals surface area (Å²) in [4.78, 5) is 26.7. The Morgan fingerprint density at radius 3 is 2.31 bits per heavy atom. The number of aldehydes is 1. The van der Waals surface area contributed by atoms with E-state index in [-0.39, 0.29) is 36.3 Å². The number of amides is 1.